The highest BCUT2D eigenvalue weighted by atomic mass is 16.2. The second kappa shape index (κ2) is 2.61. The molecule has 0 radical (unpaired) electrons. The molecule has 1 heterocycles. The number of rotatable bonds is 1. The van der Waals surface area contributed by atoms with Gasteiger partial charge in [-0.3, -0.25) is 4.79 Å². The SMILES string of the molecule is C=C1CC(C)(C(C)C)C(=O)N1C. The largest absolute Gasteiger partial charge is 0.319 e. The Balaban J connectivity index is 2.97. The van der Waals surface area contributed by atoms with Gasteiger partial charge < -0.3 is 4.90 Å². The number of carbonyl (C=O) groups excluding carboxylic acids is 1. The van der Waals surface area contributed by atoms with E-state index in [9.17, 15) is 4.79 Å². The van der Waals surface area contributed by atoms with Gasteiger partial charge in [-0.05, 0) is 5.92 Å². The number of allylic oxidation sites excluding steroid dienone is 1. The van der Waals surface area contributed by atoms with Crippen LogP contribution in [0.1, 0.15) is 27.2 Å². The molecule has 0 aromatic heterocycles. The van der Waals surface area contributed by atoms with Crippen LogP contribution in [-0.4, -0.2) is 17.9 Å². The molecule has 12 heavy (non-hydrogen) atoms. The Morgan fingerprint density at radius 3 is 2.25 bits per heavy atom. The molecular formula is C10H17NO. The molecule has 1 saturated heterocycles. The summed E-state index contributed by atoms with van der Waals surface area (Å²) in [5.41, 5.74) is 0.724. The van der Waals surface area contributed by atoms with Gasteiger partial charge in [0.2, 0.25) is 5.91 Å². The van der Waals surface area contributed by atoms with Crippen LogP contribution in [-0.2, 0) is 4.79 Å². The lowest BCUT2D eigenvalue weighted by Crippen LogP contribution is -2.33. The molecule has 0 aromatic carbocycles. The van der Waals surface area contributed by atoms with Crippen LogP contribution in [0, 0.1) is 11.3 Å². The quantitative estimate of drug-likeness (QED) is 0.585. The van der Waals surface area contributed by atoms with Crippen LogP contribution < -0.4 is 0 Å². The van der Waals surface area contributed by atoms with E-state index in [1.54, 1.807) is 11.9 Å². The van der Waals surface area contributed by atoms with Crippen LogP contribution in [0.5, 0.6) is 0 Å². The molecule has 1 unspecified atom stereocenters. The second-order valence-electron chi connectivity index (χ2n) is 4.18. The highest BCUT2D eigenvalue weighted by molar-refractivity contribution is 5.87. The summed E-state index contributed by atoms with van der Waals surface area (Å²) in [7, 11) is 1.80. The number of nitrogens with zero attached hydrogens (tertiary/aromatic N) is 1. The first kappa shape index (κ1) is 9.30. The molecule has 2 nitrogen and oxygen atoms in total. The van der Waals surface area contributed by atoms with Gasteiger partial charge >= 0.3 is 0 Å². The third-order valence-corrected chi connectivity index (χ3v) is 3.11. The second-order valence-corrected chi connectivity index (χ2v) is 4.18. The van der Waals surface area contributed by atoms with Gasteiger partial charge in [-0.1, -0.05) is 27.4 Å². The van der Waals surface area contributed by atoms with Crippen molar-refractivity contribution >= 4 is 5.91 Å². The zero-order chi connectivity index (χ0) is 9.52. The summed E-state index contributed by atoms with van der Waals surface area (Å²) < 4.78 is 0. The van der Waals surface area contributed by atoms with Crippen molar-refractivity contribution in [2.75, 3.05) is 7.05 Å². The summed E-state index contributed by atoms with van der Waals surface area (Å²) in [6.45, 7) is 10.1. The lowest BCUT2D eigenvalue weighted by atomic mass is 9.77. The molecule has 2 heteroatoms. The summed E-state index contributed by atoms with van der Waals surface area (Å²) >= 11 is 0. The first-order valence-corrected chi connectivity index (χ1v) is 4.35. The van der Waals surface area contributed by atoms with Crippen LogP contribution in [0.3, 0.4) is 0 Å². The Hall–Kier alpha value is -0.790. The van der Waals surface area contributed by atoms with E-state index in [0.717, 1.165) is 12.1 Å². The van der Waals surface area contributed by atoms with Gasteiger partial charge in [0.15, 0.2) is 0 Å². The van der Waals surface area contributed by atoms with E-state index in [1.165, 1.54) is 0 Å². The van der Waals surface area contributed by atoms with E-state index in [0.29, 0.717) is 5.92 Å². The summed E-state index contributed by atoms with van der Waals surface area (Å²) in [6, 6.07) is 0. The van der Waals surface area contributed by atoms with E-state index in [-0.39, 0.29) is 11.3 Å². The van der Waals surface area contributed by atoms with E-state index in [2.05, 4.69) is 20.4 Å². The molecule has 68 valence electrons. The van der Waals surface area contributed by atoms with Gasteiger partial charge in [-0.25, -0.2) is 0 Å². The van der Waals surface area contributed by atoms with E-state index >= 15 is 0 Å². The van der Waals surface area contributed by atoms with Crippen LogP contribution in [0.2, 0.25) is 0 Å². The highest BCUT2D eigenvalue weighted by Crippen LogP contribution is 2.42. The predicted octanol–water partition coefficient (Wildman–Crippen LogP) is 2.02. The average molecular weight is 167 g/mol. The number of amides is 1. The molecule has 0 saturated carbocycles. The number of carbonyl (C=O) groups is 1. The van der Waals surface area contributed by atoms with Crippen molar-refractivity contribution in [3.05, 3.63) is 12.3 Å². The first-order chi connectivity index (χ1) is 5.39. The molecular weight excluding hydrogens is 150 g/mol. The minimum absolute atomic E-state index is 0.211. The van der Waals surface area contributed by atoms with Gasteiger partial charge in [0, 0.05) is 19.2 Å². The maximum absolute atomic E-state index is 11.7. The van der Waals surface area contributed by atoms with Crippen molar-refractivity contribution in [3.63, 3.8) is 0 Å². The molecule has 1 aliphatic heterocycles. The average Bonchev–Trinajstić information content (AvgIpc) is 2.17. The minimum Gasteiger partial charge on any atom is -0.319 e. The Kier molecular flexibility index (Phi) is 2.02. The number of hydrogen-bond donors (Lipinski definition) is 0. The van der Waals surface area contributed by atoms with Crippen molar-refractivity contribution in [2.24, 2.45) is 11.3 Å². The minimum atomic E-state index is -0.216. The van der Waals surface area contributed by atoms with Crippen LogP contribution in [0.4, 0.5) is 0 Å². The molecule has 1 amide bonds. The zero-order valence-corrected chi connectivity index (χ0v) is 8.35. The maximum Gasteiger partial charge on any atom is 0.233 e. The van der Waals surface area contributed by atoms with Crippen LogP contribution in [0.25, 0.3) is 0 Å². The fraction of sp³-hybridized carbons (Fsp3) is 0.700. The van der Waals surface area contributed by atoms with Crippen molar-refractivity contribution < 1.29 is 4.79 Å². The molecule has 1 fully saturated rings. The van der Waals surface area contributed by atoms with Crippen molar-refractivity contribution in [2.45, 2.75) is 27.2 Å². The van der Waals surface area contributed by atoms with Crippen LogP contribution >= 0.6 is 0 Å². The van der Waals surface area contributed by atoms with Crippen molar-refractivity contribution in [1.82, 2.24) is 4.90 Å². The smallest absolute Gasteiger partial charge is 0.233 e. The molecule has 0 aliphatic carbocycles. The van der Waals surface area contributed by atoms with E-state index in [1.807, 2.05) is 6.92 Å². The number of likely N-dealkylation sites (tertiary alicyclic amines) is 1. The fourth-order valence-corrected chi connectivity index (χ4v) is 1.60. The highest BCUT2D eigenvalue weighted by Gasteiger charge is 2.45. The monoisotopic (exact) mass is 167 g/mol. The normalized spacial score (nSPS) is 30.6. The van der Waals surface area contributed by atoms with Gasteiger partial charge in [0.05, 0.1) is 5.41 Å². The molecule has 0 aromatic rings. The third-order valence-electron chi connectivity index (χ3n) is 3.11. The van der Waals surface area contributed by atoms with Gasteiger partial charge in [-0.15, -0.1) is 0 Å². The number of hydrogen-bond acceptors (Lipinski definition) is 1. The standard InChI is InChI=1S/C10H17NO/c1-7(2)10(4)6-8(3)11(5)9(10)12/h7H,3,6H2,1-2,4-5H3. The predicted molar refractivity (Wildman–Crippen MR) is 49.5 cm³/mol. The first-order valence-electron chi connectivity index (χ1n) is 4.35. The summed E-state index contributed by atoms with van der Waals surface area (Å²) in [4.78, 5) is 13.4. The molecule has 1 atom stereocenters. The van der Waals surface area contributed by atoms with Gasteiger partial charge in [0.25, 0.3) is 0 Å². The molecule has 0 bridgehead atoms. The lowest BCUT2D eigenvalue weighted by Gasteiger charge is -2.25. The Bertz CT molecular complexity index is 232. The maximum atomic E-state index is 11.7. The van der Waals surface area contributed by atoms with Crippen molar-refractivity contribution in [1.29, 1.82) is 0 Å². The summed E-state index contributed by atoms with van der Waals surface area (Å²) in [6.07, 6.45) is 0.806. The molecule has 0 spiro atoms. The molecule has 0 N–H and O–H groups in total. The van der Waals surface area contributed by atoms with E-state index < -0.39 is 0 Å². The Morgan fingerprint density at radius 2 is 2.08 bits per heavy atom. The summed E-state index contributed by atoms with van der Waals surface area (Å²) in [5, 5.41) is 0. The van der Waals surface area contributed by atoms with Gasteiger partial charge in [-0.2, -0.15) is 0 Å². The van der Waals surface area contributed by atoms with E-state index in [4.69, 9.17) is 0 Å². The molecule has 1 aliphatic rings. The third kappa shape index (κ3) is 1.06. The lowest BCUT2D eigenvalue weighted by molar-refractivity contribution is -0.135. The Morgan fingerprint density at radius 1 is 1.58 bits per heavy atom. The fourth-order valence-electron chi connectivity index (χ4n) is 1.60. The summed E-state index contributed by atoms with van der Waals surface area (Å²) in [5.74, 6) is 0.592. The molecule has 1 rings (SSSR count). The zero-order valence-electron chi connectivity index (χ0n) is 8.35. The topological polar surface area (TPSA) is 20.3 Å². The van der Waals surface area contributed by atoms with Crippen LogP contribution in [0.15, 0.2) is 12.3 Å². The van der Waals surface area contributed by atoms with Crippen molar-refractivity contribution in [3.8, 4) is 0 Å². The Labute approximate surface area is 74.2 Å². The van der Waals surface area contributed by atoms with Gasteiger partial charge in [0.1, 0.15) is 0 Å².